The predicted octanol–water partition coefficient (Wildman–Crippen LogP) is 3.02. The van der Waals surface area contributed by atoms with Gasteiger partial charge in [-0.1, -0.05) is 6.07 Å². The van der Waals surface area contributed by atoms with E-state index in [0.717, 1.165) is 23.6 Å². The number of carboxylic acids is 1. The molecule has 0 aromatic carbocycles. The highest BCUT2D eigenvalue weighted by Gasteiger charge is 2.38. The van der Waals surface area contributed by atoms with Gasteiger partial charge in [0.25, 0.3) is 0 Å². The van der Waals surface area contributed by atoms with E-state index in [9.17, 15) is 26.3 Å². The molecule has 0 bridgehead atoms. The van der Waals surface area contributed by atoms with Crippen LogP contribution in [0.1, 0.15) is 23.2 Å². The second-order valence-electron chi connectivity index (χ2n) is 5.27. The fourth-order valence-electron chi connectivity index (χ4n) is 1.82. The Morgan fingerprint density at radius 1 is 1.11 bits per heavy atom. The van der Waals surface area contributed by atoms with Crippen LogP contribution in [0.3, 0.4) is 0 Å². The van der Waals surface area contributed by atoms with Crippen molar-refractivity contribution in [1.82, 2.24) is 14.8 Å². The number of nitrogens with two attached hydrogens (primary N) is 1. The van der Waals surface area contributed by atoms with Gasteiger partial charge in [0, 0.05) is 31.0 Å². The number of aryl methyl sites for hydroxylation is 2. The van der Waals surface area contributed by atoms with Gasteiger partial charge in [-0.25, -0.2) is 4.79 Å². The number of aromatic nitrogens is 3. The summed E-state index contributed by atoms with van der Waals surface area (Å²) in [5, 5.41) is 11.3. The van der Waals surface area contributed by atoms with Gasteiger partial charge < -0.3 is 10.8 Å². The van der Waals surface area contributed by atoms with Crippen molar-refractivity contribution in [1.29, 1.82) is 0 Å². The maximum absolute atomic E-state index is 12.3. The predicted molar refractivity (Wildman–Crippen MR) is 81.4 cm³/mol. The number of rotatable bonds is 5. The summed E-state index contributed by atoms with van der Waals surface area (Å²) in [6.07, 6.45) is -3.18. The molecule has 2 aromatic rings. The quantitative estimate of drug-likeness (QED) is 0.756. The van der Waals surface area contributed by atoms with Crippen molar-refractivity contribution in [3.05, 3.63) is 47.5 Å². The summed E-state index contributed by atoms with van der Waals surface area (Å²) in [6, 6.07) is 2.47. The van der Waals surface area contributed by atoms with Crippen molar-refractivity contribution >= 4 is 5.97 Å². The van der Waals surface area contributed by atoms with Crippen LogP contribution in [-0.4, -0.2) is 32.0 Å². The van der Waals surface area contributed by atoms with Crippen LogP contribution in [0.4, 0.5) is 26.3 Å². The van der Waals surface area contributed by atoms with E-state index in [1.54, 1.807) is 10.9 Å². The first-order valence-electron chi connectivity index (χ1n) is 7.47. The molecule has 2 rings (SSSR count). The third-order valence-electron chi connectivity index (χ3n) is 3.13. The first-order valence-corrected chi connectivity index (χ1v) is 7.47. The summed E-state index contributed by atoms with van der Waals surface area (Å²) in [5.41, 5.74) is 6.36. The highest BCUT2D eigenvalue weighted by molar-refractivity contribution is 5.73. The molecule has 0 aliphatic heterocycles. The first-order chi connectivity index (χ1) is 12.4. The lowest BCUT2D eigenvalue weighted by atomic mass is 10.1. The Kier molecular flexibility index (Phi) is 7.76. The Hall–Kier alpha value is -2.63. The summed E-state index contributed by atoms with van der Waals surface area (Å²) in [4.78, 5) is 12.3. The van der Waals surface area contributed by atoms with Gasteiger partial charge in [0.15, 0.2) is 0 Å². The van der Waals surface area contributed by atoms with E-state index in [2.05, 4.69) is 10.1 Å². The van der Waals surface area contributed by atoms with Crippen LogP contribution in [-0.2, 0) is 30.5 Å². The molecule has 2 aromatic heterocycles. The molecule has 0 aliphatic rings. The van der Waals surface area contributed by atoms with Crippen molar-refractivity contribution in [2.45, 2.75) is 38.3 Å². The van der Waals surface area contributed by atoms with Crippen LogP contribution in [0, 0.1) is 0 Å². The molecule has 0 saturated carbocycles. The highest BCUT2D eigenvalue weighted by atomic mass is 19.4. The van der Waals surface area contributed by atoms with E-state index in [1.165, 1.54) is 12.3 Å². The lowest BCUT2D eigenvalue weighted by Gasteiger charge is -2.06. The highest BCUT2D eigenvalue weighted by Crippen LogP contribution is 2.27. The summed E-state index contributed by atoms with van der Waals surface area (Å²) in [7, 11) is 0. The zero-order chi connectivity index (χ0) is 20.7. The number of alkyl halides is 6. The zero-order valence-corrected chi connectivity index (χ0v) is 13.8. The second kappa shape index (κ2) is 9.35. The molecule has 0 amide bonds. The van der Waals surface area contributed by atoms with E-state index in [-0.39, 0.29) is 0 Å². The lowest BCUT2D eigenvalue weighted by molar-refractivity contribution is -0.192. The van der Waals surface area contributed by atoms with Crippen molar-refractivity contribution in [3.8, 4) is 0 Å². The Morgan fingerprint density at radius 3 is 2.15 bits per heavy atom. The van der Waals surface area contributed by atoms with Gasteiger partial charge in [0.1, 0.15) is 5.69 Å². The van der Waals surface area contributed by atoms with E-state index >= 15 is 0 Å². The summed E-state index contributed by atoms with van der Waals surface area (Å²) in [6.45, 7) is 1.14. The molecule has 0 spiro atoms. The molecule has 0 atom stereocenters. The Bertz CT molecular complexity index is 725. The number of pyridine rings is 1. The number of nitrogens with zero attached hydrogens (tertiary/aromatic N) is 3. The topological polar surface area (TPSA) is 94.0 Å². The van der Waals surface area contributed by atoms with Crippen LogP contribution in [0.25, 0.3) is 0 Å². The summed E-state index contributed by atoms with van der Waals surface area (Å²) in [5.74, 6) is -2.76. The molecule has 0 unspecified atom stereocenters. The monoisotopic (exact) mass is 398 g/mol. The number of hydrogen-bond donors (Lipinski definition) is 2. The van der Waals surface area contributed by atoms with Crippen LogP contribution < -0.4 is 5.73 Å². The smallest absolute Gasteiger partial charge is 0.475 e. The molecule has 27 heavy (non-hydrogen) atoms. The maximum atomic E-state index is 12.3. The molecule has 0 fully saturated rings. The first kappa shape index (κ1) is 22.4. The Balaban J connectivity index is 0.000000445. The van der Waals surface area contributed by atoms with E-state index < -0.39 is 24.0 Å². The third-order valence-corrected chi connectivity index (χ3v) is 3.13. The van der Waals surface area contributed by atoms with Crippen molar-refractivity contribution in [2.24, 2.45) is 5.73 Å². The molecule has 12 heteroatoms. The molecule has 0 radical (unpaired) electrons. The van der Waals surface area contributed by atoms with Crippen LogP contribution in [0.5, 0.6) is 0 Å². The average molecular weight is 398 g/mol. The van der Waals surface area contributed by atoms with Crippen molar-refractivity contribution < 1.29 is 36.2 Å². The van der Waals surface area contributed by atoms with Gasteiger partial charge in [0.05, 0.1) is 6.20 Å². The fourth-order valence-corrected chi connectivity index (χ4v) is 1.82. The number of carboxylic acid groups (broad SMARTS) is 1. The standard InChI is InChI=1S/C13H15F3N4.C2HF3O2/c14-13(15,16)12-4-3-10(7-18-12)2-1-5-20-9-11(6-17)8-19-20;3-2(4,5)1(6)7/h3-4,7-9H,1-2,5-6,17H2;(H,6,7). The number of aliphatic carboxylic acids is 1. The van der Waals surface area contributed by atoms with Crippen LogP contribution in [0.15, 0.2) is 30.7 Å². The number of hydrogen-bond acceptors (Lipinski definition) is 4. The summed E-state index contributed by atoms with van der Waals surface area (Å²) >= 11 is 0. The molecule has 6 nitrogen and oxygen atoms in total. The molecular weight excluding hydrogens is 382 g/mol. The average Bonchev–Trinajstić information content (AvgIpc) is 3.02. The van der Waals surface area contributed by atoms with Gasteiger partial charge in [-0.2, -0.15) is 31.4 Å². The zero-order valence-electron chi connectivity index (χ0n) is 13.8. The van der Waals surface area contributed by atoms with Crippen LogP contribution in [0.2, 0.25) is 0 Å². The van der Waals surface area contributed by atoms with E-state index in [4.69, 9.17) is 15.6 Å². The second-order valence-corrected chi connectivity index (χ2v) is 5.27. The van der Waals surface area contributed by atoms with Gasteiger partial charge in [-0.05, 0) is 24.5 Å². The largest absolute Gasteiger partial charge is 0.490 e. The lowest BCUT2D eigenvalue weighted by Crippen LogP contribution is -2.21. The third kappa shape index (κ3) is 8.07. The fraction of sp³-hybridized carbons (Fsp3) is 0.400. The van der Waals surface area contributed by atoms with Gasteiger partial charge in [-0.3, -0.25) is 9.67 Å². The minimum absolute atomic E-state index is 0.447. The van der Waals surface area contributed by atoms with Gasteiger partial charge in [0.2, 0.25) is 0 Å². The maximum Gasteiger partial charge on any atom is 0.490 e. The molecule has 2 heterocycles. The van der Waals surface area contributed by atoms with Crippen molar-refractivity contribution in [3.63, 3.8) is 0 Å². The van der Waals surface area contributed by atoms with Crippen molar-refractivity contribution in [2.75, 3.05) is 0 Å². The van der Waals surface area contributed by atoms with Gasteiger partial charge in [-0.15, -0.1) is 0 Å². The molecule has 0 aliphatic carbocycles. The van der Waals surface area contributed by atoms with E-state index in [0.29, 0.717) is 19.5 Å². The van der Waals surface area contributed by atoms with E-state index in [1.807, 2.05) is 6.20 Å². The number of carbonyl (C=O) groups is 1. The Labute approximate surface area is 149 Å². The van der Waals surface area contributed by atoms with Crippen LogP contribution >= 0.6 is 0 Å². The summed E-state index contributed by atoms with van der Waals surface area (Å²) < 4.78 is 70.5. The normalized spacial score (nSPS) is 11.7. The number of halogens is 6. The molecule has 150 valence electrons. The SMILES string of the molecule is NCc1cnn(CCCc2ccc(C(F)(F)F)nc2)c1.O=C(O)C(F)(F)F. The minimum atomic E-state index is -5.08. The van der Waals surface area contributed by atoms with Gasteiger partial charge >= 0.3 is 18.3 Å². The molecular formula is C15H16F6N4O2. The Morgan fingerprint density at radius 2 is 1.74 bits per heavy atom. The molecule has 0 saturated heterocycles. The molecule has 3 N–H and O–H groups in total. The minimum Gasteiger partial charge on any atom is -0.475 e.